The molecule has 0 spiro atoms. The molecule has 1 amide bonds. The molecule has 1 heterocycles. The topological polar surface area (TPSA) is 20.3 Å². The number of halogens is 2. The first-order chi connectivity index (χ1) is 9.65. The number of carbonyl (C=O) groups excluding carboxylic acids is 1. The summed E-state index contributed by atoms with van der Waals surface area (Å²) in [5.74, 6) is -0.380. The lowest BCUT2D eigenvalue weighted by Gasteiger charge is -2.22. The van der Waals surface area contributed by atoms with E-state index in [1.807, 2.05) is 16.3 Å². The van der Waals surface area contributed by atoms with E-state index in [9.17, 15) is 9.18 Å². The summed E-state index contributed by atoms with van der Waals surface area (Å²) in [4.78, 5) is 14.6. The number of thiophene rings is 1. The highest BCUT2D eigenvalue weighted by Gasteiger charge is 2.33. The van der Waals surface area contributed by atoms with Crippen molar-refractivity contribution in [3.05, 3.63) is 56.4 Å². The van der Waals surface area contributed by atoms with Crippen molar-refractivity contribution in [1.29, 1.82) is 0 Å². The van der Waals surface area contributed by atoms with Gasteiger partial charge in [0.1, 0.15) is 5.82 Å². The largest absolute Gasteiger partial charge is 0.331 e. The van der Waals surface area contributed by atoms with Crippen LogP contribution < -0.4 is 0 Å². The molecule has 0 radical (unpaired) electrons. The summed E-state index contributed by atoms with van der Waals surface area (Å²) in [7, 11) is 0. The standard InChI is InChI=1S/C15H13BrFNOS/c16-14-7-11(17)1-4-13(14)15(19)18(12-2-3-12)8-10-5-6-20-9-10/h1,4-7,9,12H,2-3,8H2. The Bertz CT molecular complexity index is 625. The molecule has 0 aliphatic heterocycles. The fraction of sp³-hybridized carbons (Fsp3) is 0.267. The van der Waals surface area contributed by atoms with Crippen LogP contribution in [0.25, 0.3) is 0 Å². The van der Waals surface area contributed by atoms with Crippen molar-refractivity contribution in [3.8, 4) is 0 Å². The lowest BCUT2D eigenvalue weighted by molar-refractivity contribution is 0.0729. The summed E-state index contributed by atoms with van der Waals surface area (Å²) >= 11 is 4.91. The minimum atomic E-state index is -0.343. The second kappa shape index (κ2) is 5.66. The van der Waals surface area contributed by atoms with Gasteiger partial charge in [-0.3, -0.25) is 4.79 Å². The predicted octanol–water partition coefficient (Wildman–Crippen LogP) is 4.45. The van der Waals surface area contributed by atoms with Gasteiger partial charge in [-0.25, -0.2) is 4.39 Å². The van der Waals surface area contributed by atoms with Crippen LogP contribution in [0.1, 0.15) is 28.8 Å². The zero-order chi connectivity index (χ0) is 14.1. The van der Waals surface area contributed by atoms with Crippen LogP contribution in [-0.4, -0.2) is 16.8 Å². The van der Waals surface area contributed by atoms with Crippen LogP contribution in [0.4, 0.5) is 4.39 Å². The maximum absolute atomic E-state index is 13.1. The van der Waals surface area contributed by atoms with E-state index in [2.05, 4.69) is 21.3 Å². The summed E-state index contributed by atoms with van der Waals surface area (Å²) in [6.07, 6.45) is 2.10. The number of nitrogens with zero attached hydrogens (tertiary/aromatic N) is 1. The minimum Gasteiger partial charge on any atom is -0.331 e. The van der Waals surface area contributed by atoms with Gasteiger partial charge in [-0.15, -0.1) is 0 Å². The summed E-state index contributed by atoms with van der Waals surface area (Å²) < 4.78 is 13.6. The van der Waals surface area contributed by atoms with Crippen molar-refractivity contribution in [2.45, 2.75) is 25.4 Å². The fourth-order valence-corrected chi connectivity index (χ4v) is 3.33. The van der Waals surface area contributed by atoms with Crippen LogP contribution in [0.15, 0.2) is 39.5 Å². The molecule has 2 aromatic rings. The Morgan fingerprint density at radius 2 is 2.20 bits per heavy atom. The van der Waals surface area contributed by atoms with Crippen LogP contribution in [-0.2, 0) is 6.54 Å². The van der Waals surface area contributed by atoms with Crippen molar-refractivity contribution in [2.24, 2.45) is 0 Å². The van der Waals surface area contributed by atoms with Gasteiger partial charge in [0.2, 0.25) is 0 Å². The average Bonchev–Trinajstić information content (AvgIpc) is 3.12. The highest BCUT2D eigenvalue weighted by Crippen LogP contribution is 2.31. The first-order valence-corrected chi connectivity index (χ1v) is 8.16. The molecule has 1 aromatic heterocycles. The predicted molar refractivity (Wildman–Crippen MR) is 81.3 cm³/mol. The molecular formula is C15H13BrFNOS. The number of carbonyl (C=O) groups is 1. The molecular weight excluding hydrogens is 341 g/mol. The number of amides is 1. The third-order valence-electron chi connectivity index (χ3n) is 3.34. The average molecular weight is 354 g/mol. The molecule has 5 heteroatoms. The number of benzene rings is 1. The maximum Gasteiger partial charge on any atom is 0.255 e. The molecule has 1 aliphatic rings. The summed E-state index contributed by atoms with van der Waals surface area (Å²) in [5, 5.41) is 4.07. The van der Waals surface area contributed by atoms with Gasteiger partial charge in [0.15, 0.2) is 0 Å². The van der Waals surface area contributed by atoms with Crippen LogP contribution in [0.2, 0.25) is 0 Å². The molecule has 0 saturated heterocycles. The molecule has 0 bridgehead atoms. The van der Waals surface area contributed by atoms with E-state index in [-0.39, 0.29) is 11.7 Å². The summed E-state index contributed by atoms with van der Waals surface area (Å²) in [6.45, 7) is 0.622. The van der Waals surface area contributed by atoms with E-state index in [0.29, 0.717) is 22.6 Å². The Labute approximate surface area is 129 Å². The maximum atomic E-state index is 13.1. The second-order valence-electron chi connectivity index (χ2n) is 4.92. The quantitative estimate of drug-likeness (QED) is 0.794. The third-order valence-corrected chi connectivity index (χ3v) is 4.73. The van der Waals surface area contributed by atoms with Gasteiger partial charge < -0.3 is 4.90 Å². The highest BCUT2D eigenvalue weighted by atomic mass is 79.9. The van der Waals surface area contributed by atoms with Gasteiger partial charge in [0.25, 0.3) is 5.91 Å². The van der Waals surface area contributed by atoms with Gasteiger partial charge in [0, 0.05) is 17.1 Å². The van der Waals surface area contributed by atoms with E-state index < -0.39 is 0 Å². The Kier molecular flexibility index (Phi) is 3.89. The monoisotopic (exact) mass is 353 g/mol. The van der Waals surface area contributed by atoms with E-state index in [1.165, 1.54) is 12.1 Å². The van der Waals surface area contributed by atoms with Gasteiger partial charge in [-0.2, -0.15) is 11.3 Å². The Morgan fingerprint density at radius 3 is 2.80 bits per heavy atom. The van der Waals surface area contributed by atoms with E-state index >= 15 is 0 Å². The molecule has 0 unspecified atom stereocenters. The Hall–Kier alpha value is -1.20. The number of hydrogen-bond donors (Lipinski definition) is 0. The van der Waals surface area contributed by atoms with Crippen molar-refractivity contribution in [2.75, 3.05) is 0 Å². The number of rotatable bonds is 4. The van der Waals surface area contributed by atoms with E-state index in [1.54, 1.807) is 17.4 Å². The van der Waals surface area contributed by atoms with E-state index in [4.69, 9.17) is 0 Å². The molecule has 1 fully saturated rings. The summed E-state index contributed by atoms with van der Waals surface area (Å²) in [5.41, 5.74) is 1.67. The smallest absolute Gasteiger partial charge is 0.255 e. The molecule has 1 aliphatic carbocycles. The van der Waals surface area contributed by atoms with Crippen molar-refractivity contribution < 1.29 is 9.18 Å². The minimum absolute atomic E-state index is 0.0365. The lowest BCUT2D eigenvalue weighted by atomic mass is 10.1. The first kappa shape index (κ1) is 13.8. The van der Waals surface area contributed by atoms with Crippen LogP contribution >= 0.6 is 27.3 Å². The van der Waals surface area contributed by atoms with Gasteiger partial charge in [0.05, 0.1) is 5.56 Å². The van der Waals surface area contributed by atoms with Crippen LogP contribution in [0, 0.1) is 5.82 Å². The number of hydrogen-bond acceptors (Lipinski definition) is 2. The molecule has 1 aromatic carbocycles. The van der Waals surface area contributed by atoms with Crippen LogP contribution in [0.5, 0.6) is 0 Å². The summed E-state index contributed by atoms with van der Waals surface area (Å²) in [6, 6.07) is 6.56. The van der Waals surface area contributed by atoms with Crippen molar-refractivity contribution >= 4 is 33.2 Å². The molecule has 0 N–H and O–H groups in total. The molecule has 1 saturated carbocycles. The van der Waals surface area contributed by atoms with E-state index in [0.717, 1.165) is 18.4 Å². The zero-order valence-electron chi connectivity index (χ0n) is 10.7. The van der Waals surface area contributed by atoms with Crippen LogP contribution in [0.3, 0.4) is 0 Å². The molecule has 104 valence electrons. The molecule has 0 atom stereocenters. The van der Waals surface area contributed by atoms with Gasteiger partial charge >= 0.3 is 0 Å². The normalized spacial score (nSPS) is 14.3. The lowest BCUT2D eigenvalue weighted by Crippen LogP contribution is -2.32. The molecule has 3 rings (SSSR count). The van der Waals surface area contributed by atoms with Gasteiger partial charge in [-0.05, 0) is 69.4 Å². The first-order valence-electron chi connectivity index (χ1n) is 6.42. The van der Waals surface area contributed by atoms with Gasteiger partial charge in [-0.1, -0.05) is 0 Å². The Balaban J connectivity index is 1.85. The highest BCUT2D eigenvalue weighted by molar-refractivity contribution is 9.10. The molecule has 20 heavy (non-hydrogen) atoms. The van der Waals surface area contributed by atoms with Crippen molar-refractivity contribution in [3.63, 3.8) is 0 Å². The Morgan fingerprint density at radius 1 is 1.40 bits per heavy atom. The SMILES string of the molecule is O=C(c1ccc(F)cc1Br)N(Cc1ccsc1)C1CC1. The van der Waals surface area contributed by atoms with Crippen molar-refractivity contribution in [1.82, 2.24) is 4.90 Å². The zero-order valence-corrected chi connectivity index (χ0v) is 13.1. The molecule has 2 nitrogen and oxygen atoms in total. The third kappa shape index (κ3) is 2.94. The fourth-order valence-electron chi connectivity index (χ4n) is 2.15. The second-order valence-corrected chi connectivity index (χ2v) is 6.55.